The van der Waals surface area contributed by atoms with Gasteiger partial charge in [-0.3, -0.25) is 0 Å². The largest absolute Gasteiger partial charge is 0.494 e. The van der Waals surface area contributed by atoms with Gasteiger partial charge in [0.05, 0.1) is 19.8 Å². The first kappa shape index (κ1) is 12.1. The maximum absolute atomic E-state index is 11.4. The molecule has 4 heteroatoms. The van der Waals surface area contributed by atoms with E-state index in [1.807, 2.05) is 6.92 Å². The Bertz CT molecular complexity index is 446. The highest BCUT2D eigenvalue weighted by atomic mass is 16.5. The average molecular weight is 219 g/mol. The van der Waals surface area contributed by atoms with Crippen LogP contribution in [0.15, 0.2) is 12.1 Å². The fraction of sp³-hybridized carbons (Fsp3) is 0.333. The van der Waals surface area contributed by atoms with Crippen molar-refractivity contribution in [3.05, 3.63) is 28.8 Å². The van der Waals surface area contributed by atoms with E-state index in [0.717, 1.165) is 5.56 Å². The number of esters is 1. The van der Waals surface area contributed by atoms with Gasteiger partial charge in [-0.1, -0.05) is 13.0 Å². The summed E-state index contributed by atoms with van der Waals surface area (Å²) in [5.74, 6) is -0.218. The molecular formula is C12H13NO3. The van der Waals surface area contributed by atoms with Gasteiger partial charge in [-0.2, -0.15) is 5.26 Å². The van der Waals surface area contributed by atoms with Gasteiger partial charge in [0.15, 0.2) is 5.75 Å². The van der Waals surface area contributed by atoms with Gasteiger partial charge in [0.2, 0.25) is 0 Å². The van der Waals surface area contributed by atoms with Gasteiger partial charge in [0.25, 0.3) is 0 Å². The molecule has 0 N–H and O–H groups in total. The van der Waals surface area contributed by atoms with Crippen LogP contribution in [0.4, 0.5) is 0 Å². The van der Waals surface area contributed by atoms with Crippen LogP contribution < -0.4 is 4.74 Å². The van der Waals surface area contributed by atoms with Crippen molar-refractivity contribution in [2.24, 2.45) is 0 Å². The topological polar surface area (TPSA) is 59.3 Å². The lowest BCUT2D eigenvalue weighted by Crippen LogP contribution is -2.06. The molecule has 0 aliphatic carbocycles. The molecule has 0 atom stereocenters. The Morgan fingerprint density at radius 3 is 2.56 bits per heavy atom. The van der Waals surface area contributed by atoms with E-state index < -0.39 is 5.97 Å². The van der Waals surface area contributed by atoms with Gasteiger partial charge in [0, 0.05) is 0 Å². The summed E-state index contributed by atoms with van der Waals surface area (Å²) in [7, 11) is 2.73. The fourth-order valence-electron chi connectivity index (χ4n) is 1.52. The maximum atomic E-state index is 11.4. The Morgan fingerprint density at radius 1 is 1.44 bits per heavy atom. The Labute approximate surface area is 94.4 Å². The molecule has 0 radical (unpaired) electrons. The molecule has 1 aromatic rings. The van der Waals surface area contributed by atoms with Gasteiger partial charge in [-0.05, 0) is 18.1 Å². The second kappa shape index (κ2) is 5.17. The normalized spacial score (nSPS) is 9.38. The molecule has 0 aliphatic heterocycles. The lowest BCUT2D eigenvalue weighted by Gasteiger charge is -2.11. The highest BCUT2D eigenvalue weighted by molar-refractivity contribution is 5.93. The zero-order valence-corrected chi connectivity index (χ0v) is 9.53. The highest BCUT2D eigenvalue weighted by Crippen LogP contribution is 2.27. The number of nitrogens with zero attached hydrogens (tertiary/aromatic N) is 1. The van der Waals surface area contributed by atoms with E-state index in [9.17, 15) is 4.79 Å². The van der Waals surface area contributed by atoms with Crippen LogP contribution in [0.5, 0.6) is 5.75 Å². The third-order valence-corrected chi connectivity index (χ3v) is 2.35. The summed E-state index contributed by atoms with van der Waals surface area (Å²) < 4.78 is 9.73. The highest BCUT2D eigenvalue weighted by Gasteiger charge is 2.18. The van der Waals surface area contributed by atoms with E-state index in [1.54, 1.807) is 12.1 Å². The van der Waals surface area contributed by atoms with Crippen LogP contribution in [0.3, 0.4) is 0 Å². The number of ether oxygens (including phenoxy) is 2. The summed E-state index contributed by atoms with van der Waals surface area (Å²) in [4.78, 5) is 11.4. The molecule has 0 aromatic heterocycles. The van der Waals surface area contributed by atoms with Crippen molar-refractivity contribution >= 4 is 5.97 Å². The van der Waals surface area contributed by atoms with Crippen LogP contribution in [0.1, 0.15) is 28.4 Å². The van der Waals surface area contributed by atoms with Crippen molar-refractivity contribution in [1.29, 1.82) is 5.26 Å². The molecule has 0 saturated carbocycles. The monoisotopic (exact) mass is 219 g/mol. The lowest BCUT2D eigenvalue weighted by molar-refractivity contribution is 0.0597. The molecule has 0 spiro atoms. The number of benzene rings is 1. The van der Waals surface area contributed by atoms with Crippen LogP contribution >= 0.6 is 0 Å². The molecule has 16 heavy (non-hydrogen) atoms. The average Bonchev–Trinajstić information content (AvgIpc) is 2.35. The molecule has 0 bridgehead atoms. The van der Waals surface area contributed by atoms with E-state index in [0.29, 0.717) is 12.0 Å². The van der Waals surface area contributed by atoms with Crippen molar-refractivity contribution in [3.8, 4) is 11.8 Å². The summed E-state index contributed by atoms with van der Waals surface area (Å²) in [6.45, 7) is 1.94. The number of carbonyl (C=O) groups is 1. The summed E-state index contributed by atoms with van der Waals surface area (Å²) in [5, 5.41) is 9.06. The molecule has 84 valence electrons. The summed E-state index contributed by atoms with van der Waals surface area (Å²) in [6, 6.07) is 5.41. The van der Waals surface area contributed by atoms with Gasteiger partial charge in [0.1, 0.15) is 11.6 Å². The first-order valence-corrected chi connectivity index (χ1v) is 4.87. The number of hydrogen-bond donors (Lipinski definition) is 0. The van der Waals surface area contributed by atoms with Crippen molar-refractivity contribution in [2.75, 3.05) is 14.2 Å². The number of carbonyl (C=O) groups excluding carboxylic acids is 1. The van der Waals surface area contributed by atoms with E-state index >= 15 is 0 Å². The third kappa shape index (κ3) is 1.98. The van der Waals surface area contributed by atoms with E-state index in [1.165, 1.54) is 14.2 Å². The van der Waals surface area contributed by atoms with Gasteiger partial charge in [-0.15, -0.1) is 0 Å². The van der Waals surface area contributed by atoms with Crippen LogP contribution in [0, 0.1) is 11.3 Å². The second-order valence-corrected chi connectivity index (χ2v) is 3.14. The minimum atomic E-state index is -0.504. The molecule has 0 saturated heterocycles. The number of rotatable bonds is 3. The van der Waals surface area contributed by atoms with Gasteiger partial charge >= 0.3 is 5.97 Å². The standard InChI is InChI=1S/C12H13NO3/c1-4-8-5-6-9(12(14)16-3)11(15-2)10(8)7-13/h5-6H,4H2,1-3H3. The Balaban J connectivity index is 3.44. The first-order chi connectivity index (χ1) is 7.69. The smallest absolute Gasteiger partial charge is 0.341 e. The Morgan fingerprint density at radius 2 is 2.12 bits per heavy atom. The predicted molar refractivity (Wildman–Crippen MR) is 58.4 cm³/mol. The molecular weight excluding hydrogens is 206 g/mol. The van der Waals surface area contributed by atoms with Crippen molar-refractivity contribution < 1.29 is 14.3 Å². The lowest BCUT2D eigenvalue weighted by atomic mass is 10.0. The molecule has 1 rings (SSSR count). The van der Waals surface area contributed by atoms with Crippen molar-refractivity contribution in [2.45, 2.75) is 13.3 Å². The summed E-state index contributed by atoms with van der Waals surface area (Å²) >= 11 is 0. The van der Waals surface area contributed by atoms with Gasteiger partial charge in [-0.25, -0.2) is 4.79 Å². The third-order valence-electron chi connectivity index (χ3n) is 2.35. The number of aryl methyl sites for hydroxylation is 1. The number of hydrogen-bond acceptors (Lipinski definition) is 4. The van der Waals surface area contributed by atoms with Crippen LogP contribution in [-0.4, -0.2) is 20.2 Å². The zero-order valence-electron chi connectivity index (χ0n) is 9.53. The quantitative estimate of drug-likeness (QED) is 0.728. The minimum Gasteiger partial charge on any atom is -0.494 e. The first-order valence-electron chi connectivity index (χ1n) is 4.87. The fourth-order valence-corrected chi connectivity index (χ4v) is 1.52. The minimum absolute atomic E-state index is 0.277. The molecule has 4 nitrogen and oxygen atoms in total. The molecule has 0 unspecified atom stereocenters. The van der Waals surface area contributed by atoms with Crippen molar-refractivity contribution in [1.82, 2.24) is 0 Å². The Hall–Kier alpha value is -2.02. The summed E-state index contributed by atoms with van der Waals surface area (Å²) in [5.41, 5.74) is 1.53. The van der Waals surface area contributed by atoms with E-state index in [2.05, 4.69) is 10.8 Å². The van der Waals surface area contributed by atoms with Gasteiger partial charge < -0.3 is 9.47 Å². The zero-order chi connectivity index (χ0) is 12.1. The van der Waals surface area contributed by atoms with Crippen LogP contribution in [0.2, 0.25) is 0 Å². The molecule has 1 aromatic carbocycles. The SMILES string of the molecule is CCc1ccc(C(=O)OC)c(OC)c1C#N. The van der Waals surface area contributed by atoms with E-state index in [-0.39, 0.29) is 11.3 Å². The van der Waals surface area contributed by atoms with Crippen LogP contribution in [-0.2, 0) is 11.2 Å². The number of methoxy groups -OCH3 is 2. The van der Waals surface area contributed by atoms with E-state index in [4.69, 9.17) is 10.00 Å². The predicted octanol–water partition coefficient (Wildman–Crippen LogP) is 1.92. The Kier molecular flexibility index (Phi) is 3.90. The molecule has 0 aliphatic rings. The van der Waals surface area contributed by atoms with Crippen LogP contribution in [0.25, 0.3) is 0 Å². The maximum Gasteiger partial charge on any atom is 0.341 e. The molecule has 0 heterocycles. The molecule has 0 fully saturated rings. The number of nitriles is 1. The van der Waals surface area contributed by atoms with Crippen molar-refractivity contribution in [3.63, 3.8) is 0 Å². The molecule has 0 amide bonds. The second-order valence-electron chi connectivity index (χ2n) is 3.14. The summed E-state index contributed by atoms with van der Waals surface area (Å²) in [6.07, 6.45) is 0.709.